The van der Waals surface area contributed by atoms with Crippen molar-refractivity contribution in [3.05, 3.63) is 29.2 Å². The third kappa shape index (κ3) is 2.72. The highest BCUT2D eigenvalue weighted by atomic mass is 16.5. The molecular weight excluding hydrogens is 284 g/mol. The fourth-order valence-electron chi connectivity index (χ4n) is 2.53. The molecule has 0 atom stereocenters. The van der Waals surface area contributed by atoms with E-state index in [1.807, 2.05) is 31.3 Å². The van der Waals surface area contributed by atoms with E-state index in [1.165, 1.54) is 5.56 Å². The fourth-order valence-corrected chi connectivity index (χ4v) is 2.53. The highest BCUT2D eigenvalue weighted by molar-refractivity contribution is 5.87. The molecule has 8 nitrogen and oxygen atoms in total. The van der Waals surface area contributed by atoms with Crippen LogP contribution < -0.4 is 10.2 Å². The molecule has 0 fully saturated rings. The van der Waals surface area contributed by atoms with Crippen molar-refractivity contribution in [2.45, 2.75) is 19.9 Å². The summed E-state index contributed by atoms with van der Waals surface area (Å²) in [5.41, 5.74) is 2.31. The van der Waals surface area contributed by atoms with Crippen molar-refractivity contribution in [2.24, 2.45) is 0 Å². The summed E-state index contributed by atoms with van der Waals surface area (Å²) < 4.78 is 4.92. The molecule has 0 saturated heterocycles. The van der Waals surface area contributed by atoms with Crippen molar-refractivity contribution >= 4 is 17.9 Å². The Hall–Kier alpha value is -2.64. The minimum absolute atomic E-state index is 0.118. The second-order valence-electron chi connectivity index (χ2n) is 5.42. The molecule has 0 radical (unpaired) electrons. The largest absolute Gasteiger partial charge is 0.362 e. The quantitative estimate of drug-likeness (QED) is 0.903. The monoisotopic (exact) mass is 302 g/mol. The lowest BCUT2D eigenvalue weighted by Gasteiger charge is -2.30. The van der Waals surface area contributed by atoms with Gasteiger partial charge in [0.2, 0.25) is 0 Å². The number of amides is 2. The highest BCUT2D eigenvalue weighted by Gasteiger charge is 2.24. The van der Waals surface area contributed by atoms with Crippen LogP contribution in [0.4, 0.5) is 16.6 Å². The molecule has 0 saturated carbocycles. The highest BCUT2D eigenvalue weighted by Crippen LogP contribution is 2.26. The van der Waals surface area contributed by atoms with Gasteiger partial charge in [0.25, 0.3) is 0 Å². The normalized spacial score (nSPS) is 13.7. The Morgan fingerprint density at radius 1 is 1.45 bits per heavy atom. The first-order valence-electron chi connectivity index (χ1n) is 7.05. The van der Waals surface area contributed by atoms with Crippen molar-refractivity contribution in [1.82, 2.24) is 20.0 Å². The number of pyridine rings is 1. The molecule has 2 amide bonds. The molecule has 0 aliphatic carbocycles. The van der Waals surface area contributed by atoms with Crippen molar-refractivity contribution in [1.29, 1.82) is 0 Å². The number of hydrogen-bond acceptors (Lipinski definition) is 6. The Balaban J connectivity index is 1.77. The van der Waals surface area contributed by atoms with E-state index in [0.29, 0.717) is 18.9 Å². The summed E-state index contributed by atoms with van der Waals surface area (Å²) in [6.07, 6.45) is 2.61. The molecule has 0 unspecified atom stereocenters. The van der Waals surface area contributed by atoms with Crippen LogP contribution in [0.3, 0.4) is 0 Å². The van der Waals surface area contributed by atoms with Gasteiger partial charge in [0, 0.05) is 32.4 Å². The summed E-state index contributed by atoms with van der Waals surface area (Å²) in [4.78, 5) is 24.4. The molecule has 3 rings (SSSR count). The second kappa shape index (κ2) is 5.63. The first kappa shape index (κ1) is 14.3. The van der Waals surface area contributed by atoms with E-state index < -0.39 is 0 Å². The smallest absolute Gasteiger partial charge is 0.329 e. The molecule has 2 aromatic rings. The number of fused-ring (bicyclic) bond motifs is 1. The van der Waals surface area contributed by atoms with Gasteiger partial charge in [-0.3, -0.25) is 5.32 Å². The Morgan fingerprint density at radius 3 is 2.95 bits per heavy atom. The van der Waals surface area contributed by atoms with Gasteiger partial charge in [-0.05, 0) is 25.0 Å². The summed E-state index contributed by atoms with van der Waals surface area (Å²) in [5.74, 6) is 1.38. The molecule has 116 valence electrons. The molecule has 0 spiro atoms. The minimum atomic E-state index is -0.247. The van der Waals surface area contributed by atoms with Gasteiger partial charge in [0.05, 0.1) is 6.54 Å². The van der Waals surface area contributed by atoms with Gasteiger partial charge in [-0.15, -0.1) is 0 Å². The second-order valence-corrected chi connectivity index (χ2v) is 5.42. The summed E-state index contributed by atoms with van der Waals surface area (Å²) in [7, 11) is 3.89. The molecule has 0 aromatic carbocycles. The van der Waals surface area contributed by atoms with Gasteiger partial charge >= 0.3 is 12.0 Å². The van der Waals surface area contributed by atoms with Gasteiger partial charge in [-0.1, -0.05) is 5.16 Å². The third-order valence-electron chi connectivity index (χ3n) is 3.58. The van der Waals surface area contributed by atoms with Crippen LogP contribution in [-0.4, -0.2) is 46.7 Å². The Kier molecular flexibility index (Phi) is 3.66. The topological polar surface area (TPSA) is 87.4 Å². The Morgan fingerprint density at radius 2 is 2.27 bits per heavy atom. The van der Waals surface area contributed by atoms with E-state index in [0.717, 1.165) is 17.8 Å². The lowest BCUT2D eigenvalue weighted by atomic mass is 10.0. The van der Waals surface area contributed by atoms with E-state index in [2.05, 4.69) is 20.4 Å². The molecule has 22 heavy (non-hydrogen) atoms. The lowest BCUT2D eigenvalue weighted by molar-refractivity contribution is 0.205. The zero-order chi connectivity index (χ0) is 15.7. The lowest BCUT2D eigenvalue weighted by Crippen LogP contribution is -2.39. The maximum atomic E-state index is 12.3. The number of rotatable bonds is 2. The number of carbonyl (C=O) groups is 1. The maximum Gasteiger partial charge on any atom is 0.329 e. The van der Waals surface area contributed by atoms with E-state index in [9.17, 15) is 4.79 Å². The van der Waals surface area contributed by atoms with Gasteiger partial charge in [0.15, 0.2) is 5.82 Å². The molecular formula is C14H18N6O2. The van der Waals surface area contributed by atoms with Crippen molar-refractivity contribution in [2.75, 3.05) is 30.9 Å². The first-order valence-corrected chi connectivity index (χ1v) is 7.05. The predicted octanol–water partition coefficient (Wildman–Crippen LogP) is 1.43. The van der Waals surface area contributed by atoms with Gasteiger partial charge in [-0.2, -0.15) is 4.98 Å². The molecule has 1 aliphatic heterocycles. The van der Waals surface area contributed by atoms with Crippen LogP contribution >= 0.6 is 0 Å². The third-order valence-corrected chi connectivity index (χ3v) is 3.58. The average molecular weight is 302 g/mol. The summed E-state index contributed by atoms with van der Waals surface area (Å²) in [6, 6.07) is 1.88. The van der Waals surface area contributed by atoms with Gasteiger partial charge < -0.3 is 14.3 Å². The van der Waals surface area contributed by atoms with Crippen LogP contribution in [0.5, 0.6) is 0 Å². The number of aryl methyl sites for hydroxylation is 1. The number of carbonyl (C=O) groups excluding carboxylic acids is 1. The standard InChI is InChI=1S/C14H18N6O2/c1-9-16-13(22-18-9)17-14(21)20-7-5-10-4-6-15-12(19(2)3)11(10)8-20/h4,6H,5,7-8H2,1-3H3,(H,16,17,18,21). The van der Waals surface area contributed by atoms with Crippen LogP contribution in [0.25, 0.3) is 0 Å². The number of nitrogens with zero attached hydrogens (tertiary/aromatic N) is 5. The molecule has 0 bridgehead atoms. The molecule has 3 heterocycles. The van der Waals surface area contributed by atoms with Crippen LogP contribution in [0.1, 0.15) is 17.0 Å². The first-order chi connectivity index (χ1) is 10.5. The number of hydrogen-bond donors (Lipinski definition) is 1. The summed E-state index contributed by atoms with van der Waals surface area (Å²) in [6.45, 7) is 2.85. The Bertz CT molecular complexity index is 696. The van der Waals surface area contributed by atoms with E-state index in [1.54, 1.807) is 11.8 Å². The predicted molar refractivity (Wildman–Crippen MR) is 80.7 cm³/mol. The van der Waals surface area contributed by atoms with Gasteiger partial charge in [-0.25, -0.2) is 9.78 Å². The van der Waals surface area contributed by atoms with E-state index in [-0.39, 0.29) is 12.0 Å². The van der Waals surface area contributed by atoms with Gasteiger partial charge in [0.1, 0.15) is 5.82 Å². The molecule has 1 N–H and O–H groups in total. The maximum absolute atomic E-state index is 12.3. The van der Waals surface area contributed by atoms with Crippen molar-refractivity contribution in [3.63, 3.8) is 0 Å². The van der Waals surface area contributed by atoms with Crippen LogP contribution in [0.15, 0.2) is 16.8 Å². The van der Waals surface area contributed by atoms with Crippen molar-refractivity contribution in [3.8, 4) is 0 Å². The average Bonchev–Trinajstić information content (AvgIpc) is 2.91. The number of urea groups is 1. The molecule has 2 aromatic heterocycles. The van der Waals surface area contributed by atoms with E-state index in [4.69, 9.17) is 4.52 Å². The minimum Gasteiger partial charge on any atom is -0.362 e. The number of aromatic nitrogens is 3. The van der Waals surface area contributed by atoms with E-state index >= 15 is 0 Å². The zero-order valence-corrected chi connectivity index (χ0v) is 12.8. The number of anilines is 2. The van der Waals surface area contributed by atoms with Crippen LogP contribution in [-0.2, 0) is 13.0 Å². The van der Waals surface area contributed by atoms with Crippen LogP contribution in [0.2, 0.25) is 0 Å². The van der Waals surface area contributed by atoms with Crippen molar-refractivity contribution < 1.29 is 9.32 Å². The fraction of sp³-hybridized carbons (Fsp3) is 0.429. The van der Waals surface area contributed by atoms with Crippen LogP contribution in [0, 0.1) is 6.92 Å². The molecule has 8 heteroatoms. The SMILES string of the molecule is Cc1noc(NC(=O)N2CCc3ccnc(N(C)C)c3C2)n1. The number of nitrogens with one attached hydrogen (secondary N) is 1. The molecule has 1 aliphatic rings. The summed E-state index contributed by atoms with van der Waals surface area (Å²) >= 11 is 0. The Labute approximate surface area is 128 Å². The zero-order valence-electron chi connectivity index (χ0n) is 12.8. The summed E-state index contributed by atoms with van der Waals surface area (Å²) in [5, 5.41) is 6.28.